The Balaban J connectivity index is 2.06. The predicted molar refractivity (Wildman–Crippen MR) is 72.9 cm³/mol. The number of carboxylic acids is 1. The molecule has 2 rings (SSSR count). The van der Waals surface area contributed by atoms with E-state index in [1.807, 2.05) is 12.1 Å². The first kappa shape index (κ1) is 13.1. The molecule has 1 aromatic rings. The molecule has 1 aromatic carbocycles. The normalized spacial score (nSPS) is 25.7. The van der Waals surface area contributed by atoms with E-state index in [4.69, 9.17) is 5.11 Å². The lowest BCUT2D eigenvalue weighted by atomic mass is 9.79. The van der Waals surface area contributed by atoms with E-state index in [9.17, 15) is 4.79 Å². The second-order valence-electron chi connectivity index (χ2n) is 5.68. The molecule has 1 atom stereocenters. The number of hydrogen-bond donors (Lipinski definition) is 1. The second-order valence-corrected chi connectivity index (χ2v) is 5.68. The van der Waals surface area contributed by atoms with Gasteiger partial charge in [0.25, 0.3) is 0 Å². The molecule has 2 nitrogen and oxygen atoms in total. The Labute approximate surface area is 109 Å². The lowest BCUT2D eigenvalue weighted by Gasteiger charge is -2.26. The van der Waals surface area contributed by atoms with Crippen molar-refractivity contribution in [2.24, 2.45) is 5.92 Å². The molecule has 0 radical (unpaired) electrons. The van der Waals surface area contributed by atoms with Gasteiger partial charge in [-0.2, -0.15) is 0 Å². The first-order chi connectivity index (χ1) is 8.58. The number of carboxylic acid groups (broad SMARTS) is 1. The molecule has 1 aliphatic carbocycles. The number of hydrogen-bond acceptors (Lipinski definition) is 1. The molecule has 18 heavy (non-hydrogen) atoms. The van der Waals surface area contributed by atoms with Crippen LogP contribution < -0.4 is 0 Å². The summed E-state index contributed by atoms with van der Waals surface area (Å²) in [5.41, 5.74) is 2.28. The Morgan fingerprint density at radius 3 is 2.22 bits per heavy atom. The SMILES string of the molecule is CC1CCC(c2ccc(C(C)C(=O)O)cc2)CC1. The van der Waals surface area contributed by atoms with Crippen LogP contribution in [-0.2, 0) is 4.79 Å². The van der Waals surface area contributed by atoms with Crippen LogP contribution in [0.15, 0.2) is 24.3 Å². The Hall–Kier alpha value is -1.31. The molecule has 0 saturated heterocycles. The quantitative estimate of drug-likeness (QED) is 0.869. The van der Waals surface area contributed by atoms with Crippen LogP contribution in [0.2, 0.25) is 0 Å². The average Bonchev–Trinajstić information content (AvgIpc) is 2.39. The van der Waals surface area contributed by atoms with Gasteiger partial charge in [-0.3, -0.25) is 4.79 Å². The van der Waals surface area contributed by atoms with Crippen LogP contribution >= 0.6 is 0 Å². The molecule has 0 aromatic heterocycles. The summed E-state index contributed by atoms with van der Waals surface area (Å²) >= 11 is 0. The van der Waals surface area contributed by atoms with Crippen molar-refractivity contribution in [1.29, 1.82) is 0 Å². The fourth-order valence-electron chi connectivity index (χ4n) is 2.79. The molecule has 1 fully saturated rings. The smallest absolute Gasteiger partial charge is 0.310 e. The zero-order valence-electron chi connectivity index (χ0n) is 11.2. The van der Waals surface area contributed by atoms with E-state index >= 15 is 0 Å². The van der Waals surface area contributed by atoms with Crippen LogP contribution in [0.5, 0.6) is 0 Å². The van der Waals surface area contributed by atoms with Crippen LogP contribution in [0.3, 0.4) is 0 Å². The van der Waals surface area contributed by atoms with Crippen LogP contribution in [0, 0.1) is 5.92 Å². The molecule has 0 amide bonds. The molecule has 0 heterocycles. The number of benzene rings is 1. The van der Waals surface area contributed by atoms with Crippen molar-refractivity contribution in [3.8, 4) is 0 Å². The van der Waals surface area contributed by atoms with Gasteiger partial charge in [0.2, 0.25) is 0 Å². The van der Waals surface area contributed by atoms with Gasteiger partial charge in [-0.05, 0) is 42.7 Å². The molecule has 1 saturated carbocycles. The second kappa shape index (κ2) is 5.55. The first-order valence-corrected chi connectivity index (χ1v) is 6.90. The van der Waals surface area contributed by atoms with E-state index in [0.717, 1.165) is 11.5 Å². The highest BCUT2D eigenvalue weighted by Crippen LogP contribution is 2.35. The highest BCUT2D eigenvalue weighted by atomic mass is 16.4. The van der Waals surface area contributed by atoms with E-state index in [2.05, 4.69) is 19.1 Å². The van der Waals surface area contributed by atoms with Gasteiger partial charge in [0.15, 0.2) is 0 Å². The summed E-state index contributed by atoms with van der Waals surface area (Å²) < 4.78 is 0. The van der Waals surface area contributed by atoms with Crippen LogP contribution in [0.25, 0.3) is 0 Å². The van der Waals surface area contributed by atoms with E-state index < -0.39 is 11.9 Å². The van der Waals surface area contributed by atoms with Gasteiger partial charge >= 0.3 is 5.97 Å². The highest BCUT2D eigenvalue weighted by Gasteiger charge is 2.20. The Morgan fingerprint density at radius 1 is 1.17 bits per heavy atom. The molecule has 1 unspecified atom stereocenters. The van der Waals surface area contributed by atoms with Gasteiger partial charge in [0.1, 0.15) is 0 Å². The van der Waals surface area contributed by atoms with Crippen molar-refractivity contribution in [3.05, 3.63) is 35.4 Å². The average molecular weight is 246 g/mol. The van der Waals surface area contributed by atoms with Crippen molar-refractivity contribution in [2.75, 3.05) is 0 Å². The van der Waals surface area contributed by atoms with E-state index in [0.29, 0.717) is 5.92 Å². The van der Waals surface area contributed by atoms with Crippen molar-refractivity contribution in [2.45, 2.75) is 51.4 Å². The molecule has 0 spiro atoms. The maximum atomic E-state index is 10.9. The van der Waals surface area contributed by atoms with Crippen LogP contribution in [0.4, 0.5) is 0 Å². The lowest BCUT2D eigenvalue weighted by Crippen LogP contribution is -2.11. The van der Waals surface area contributed by atoms with Crippen molar-refractivity contribution in [1.82, 2.24) is 0 Å². The monoisotopic (exact) mass is 246 g/mol. The summed E-state index contributed by atoms with van der Waals surface area (Å²) in [6, 6.07) is 8.20. The fraction of sp³-hybridized carbons (Fsp3) is 0.562. The number of aliphatic carboxylic acids is 1. The fourth-order valence-corrected chi connectivity index (χ4v) is 2.79. The summed E-state index contributed by atoms with van der Waals surface area (Å²) in [7, 11) is 0. The summed E-state index contributed by atoms with van der Waals surface area (Å²) in [6.45, 7) is 4.06. The number of rotatable bonds is 3. The Bertz CT molecular complexity index is 400. The van der Waals surface area contributed by atoms with Crippen molar-refractivity contribution >= 4 is 5.97 Å². The molecule has 1 N–H and O–H groups in total. The summed E-state index contributed by atoms with van der Waals surface area (Å²) in [6.07, 6.45) is 5.18. The molecular weight excluding hydrogens is 224 g/mol. The van der Waals surface area contributed by atoms with Gasteiger partial charge < -0.3 is 5.11 Å². The Kier molecular flexibility index (Phi) is 4.05. The van der Waals surface area contributed by atoms with Gasteiger partial charge in [0.05, 0.1) is 5.92 Å². The minimum absolute atomic E-state index is 0.412. The molecule has 0 bridgehead atoms. The van der Waals surface area contributed by atoms with Gasteiger partial charge in [-0.25, -0.2) is 0 Å². The largest absolute Gasteiger partial charge is 0.481 e. The topological polar surface area (TPSA) is 37.3 Å². The zero-order valence-corrected chi connectivity index (χ0v) is 11.2. The van der Waals surface area contributed by atoms with Crippen molar-refractivity contribution in [3.63, 3.8) is 0 Å². The molecule has 98 valence electrons. The zero-order chi connectivity index (χ0) is 13.1. The van der Waals surface area contributed by atoms with Crippen LogP contribution in [0.1, 0.15) is 62.5 Å². The maximum absolute atomic E-state index is 10.9. The molecular formula is C16H22O2. The lowest BCUT2D eigenvalue weighted by molar-refractivity contribution is -0.138. The van der Waals surface area contributed by atoms with Gasteiger partial charge in [-0.15, -0.1) is 0 Å². The van der Waals surface area contributed by atoms with E-state index in [1.165, 1.54) is 31.2 Å². The predicted octanol–water partition coefficient (Wildman–Crippen LogP) is 4.17. The van der Waals surface area contributed by atoms with Crippen molar-refractivity contribution < 1.29 is 9.90 Å². The van der Waals surface area contributed by atoms with Crippen LogP contribution in [-0.4, -0.2) is 11.1 Å². The first-order valence-electron chi connectivity index (χ1n) is 6.90. The minimum Gasteiger partial charge on any atom is -0.481 e. The highest BCUT2D eigenvalue weighted by molar-refractivity contribution is 5.75. The molecule has 0 aliphatic heterocycles. The minimum atomic E-state index is -0.755. The molecule has 1 aliphatic rings. The maximum Gasteiger partial charge on any atom is 0.310 e. The summed E-state index contributed by atoms with van der Waals surface area (Å²) in [4.78, 5) is 10.9. The van der Waals surface area contributed by atoms with Gasteiger partial charge in [-0.1, -0.05) is 44.0 Å². The number of carbonyl (C=O) groups is 1. The van der Waals surface area contributed by atoms with E-state index in [1.54, 1.807) is 6.92 Å². The standard InChI is InChI=1S/C16H22O2/c1-11-3-5-14(6-4-11)15-9-7-13(8-10-15)12(2)16(17)18/h7-12,14H,3-6H2,1-2H3,(H,17,18). The third-order valence-electron chi connectivity index (χ3n) is 4.29. The summed E-state index contributed by atoms with van der Waals surface area (Å²) in [5, 5.41) is 8.98. The summed E-state index contributed by atoms with van der Waals surface area (Å²) in [5.74, 6) is 0.377. The third-order valence-corrected chi connectivity index (χ3v) is 4.29. The molecule has 2 heteroatoms. The third kappa shape index (κ3) is 2.92. The van der Waals surface area contributed by atoms with Gasteiger partial charge in [0, 0.05) is 0 Å². The van der Waals surface area contributed by atoms with E-state index in [-0.39, 0.29) is 0 Å². The Morgan fingerprint density at radius 2 is 1.72 bits per heavy atom.